The fourth-order valence-electron chi connectivity index (χ4n) is 2.19. The molecule has 0 aliphatic heterocycles. The predicted octanol–water partition coefficient (Wildman–Crippen LogP) is 3.02. The van der Waals surface area contributed by atoms with E-state index in [1.807, 2.05) is 6.92 Å². The average Bonchev–Trinajstić information content (AvgIpc) is 2.17. The Kier molecular flexibility index (Phi) is 4.56. The number of nitrogens with zero attached hydrogens (tertiary/aromatic N) is 1. The van der Waals surface area contributed by atoms with E-state index in [-0.39, 0.29) is 5.92 Å². The molecule has 2 unspecified atom stereocenters. The van der Waals surface area contributed by atoms with Crippen molar-refractivity contribution >= 4 is 0 Å². The lowest BCUT2D eigenvalue weighted by Gasteiger charge is -2.31. The van der Waals surface area contributed by atoms with Crippen molar-refractivity contribution in [1.82, 2.24) is 0 Å². The van der Waals surface area contributed by atoms with Gasteiger partial charge in [0, 0.05) is 5.92 Å². The first kappa shape index (κ1) is 12.0. The van der Waals surface area contributed by atoms with Crippen LogP contribution in [-0.2, 0) is 0 Å². The van der Waals surface area contributed by atoms with Gasteiger partial charge in [0.25, 0.3) is 0 Å². The number of rotatable bonds is 2. The summed E-state index contributed by atoms with van der Waals surface area (Å²) in [6.07, 6.45) is 0.174. The van der Waals surface area contributed by atoms with E-state index in [1.165, 1.54) is 0 Å². The van der Waals surface area contributed by atoms with E-state index in [0.717, 1.165) is 12.8 Å². The van der Waals surface area contributed by atoms with Gasteiger partial charge < -0.3 is 0 Å². The Morgan fingerprint density at radius 1 is 1.27 bits per heavy atom. The molecule has 0 spiro atoms. The summed E-state index contributed by atoms with van der Waals surface area (Å²) < 4.78 is 27.1. The molecule has 1 aliphatic carbocycles. The minimum Gasteiger partial charge on any atom is -0.246 e. The van der Waals surface area contributed by atoms with Gasteiger partial charge in [0.2, 0.25) is 0 Å². The lowest BCUT2D eigenvalue weighted by molar-refractivity contribution is 0.0721. The molecule has 0 heterocycles. The monoisotopic (exact) mass is 211 g/mol. The zero-order chi connectivity index (χ0) is 11.3. The molecule has 1 fully saturated rings. The van der Waals surface area contributed by atoms with Crippen LogP contribution in [0.4, 0.5) is 8.78 Å². The lowest BCUT2D eigenvalue weighted by Crippen LogP contribution is -2.34. The van der Waals surface area contributed by atoms with Gasteiger partial charge in [0.15, 0.2) is 6.07 Å². The predicted molar refractivity (Wildman–Crippen MR) is 54.3 cm³/mol. The van der Waals surface area contributed by atoms with Crippen LogP contribution in [0.15, 0.2) is 0 Å². The maximum atomic E-state index is 13.5. The molecule has 0 saturated heterocycles. The SMILES string of the molecule is CCCC1CC(F)C(C#CC#N)C(F)C1. The third kappa shape index (κ3) is 3.20. The van der Waals surface area contributed by atoms with Crippen LogP contribution in [0, 0.1) is 35.0 Å². The van der Waals surface area contributed by atoms with Crippen LogP contribution in [0.5, 0.6) is 0 Å². The molecule has 1 aliphatic rings. The molecule has 0 bridgehead atoms. The zero-order valence-corrected chi connectivity index (χ0v) is 8.84. The van der Waals surface area contributed by atoms with Crippen molar-refractivity contribution in [2.75, 3.05) is 0 Å². The third-order valence-electron chi connectivity index (χ3n) is 2.89. The van der Waals surface area contributed by atoms with Crippen molar-refractivity contribution in [1.29, 1.82) is 5.26 Å². The van der Waals surface area contributed by atoms with Crippen molar-refractivity contribution in [2.24, 2.45) is 11.8 Å². The molecule has 0 radical (unpaired) electrons. The third-order valence-corrected chi connectivity index (χ3v) is 2.89. The molecule has 82 valence electrons. The summed E-state index contributed by atoms with van der Waals surface area (Å²) in [5, 5.41) is 8.24. The van der Waals surface area contributed by atoms with Gasteiger partial charge in [0.05, 0.1) is 5.92 Å². The van der Waals surface area contributed by atoms with E-state index in [1.54, 1.807) is 6.07 Å². The largest absolute Gasteiger partial charge is 0.246 e. The Labute approximate surface area is 89.5 Å². The Morgan fingerprint density at radius 2 is 1.87 bits per heavy atom. The van der Waals surface area contributed by atoms with Gasteiger partial charge >= 0.3 is 0 Å². The van der Waals surface area contributed by atoms with Gasteiger partial charge in [-0.2, -0.15) is 5.26 Å². The Balaban J connectivity index is 2.61. The number of hydrogen-bond acceptors (Lipinski definition) is 1. The Morgan fingerprint density at radius 3 is 2.33 bits per heavy atom. The normalized spacial score (nSPS) is 35.1. The summed E-state index contributed by atoms with van der Waals surface area (Å²) >= 11 is 0. The lowest BCUT2D eigenvalue weighted by atomic mass is 9.78. The highest BCUT2D eigenvalue weighted by molar-refractivity contribution is 5.21. The van der Waals surface area contributed by atoms with Crippen molar-refractivity contribution < 1.29 is 8.78 Å². The van der Waals surface area contributed by atoms with Crippen LogP contribution in [-0.4, -0.2) is 12.3 Å². The quantitative estimate of drug-likeness (QED) is 0.644. The highest BCUT2D eigenvalue weighted by atomic mass is 19.1. The molecular weight excluding hydrogens is 196 g/mol. The number of halogens is 2. The van der Waals surface area contributed by atoms with Crippen LogP contribution in [0.25, 0.3) is 0 Å². The van der Waals surface area contributed by atoms with Gasteiger partial charge in [-0.25, -0.2) is 8.78 Å². The first-order chi connectivity index (χ1) is 7.19. The summed E-state index contributed by atoms with van der Waals surface area (Å²) in [6.45, 7) is 2.02. The fraction of sp³-hybridized carbons (Fsp3) is 0.750. The standard InChI is InChI=1S/C12H15F2N/c1-2-4-9-7-11(13)10(5-3-6-15)12(14)8-9/h9-12H,2,4,7-8H2,1H3. The highest BCUT2D eigenvalue weighted by Crippen LogP contribution is 2.35. The zero-order valence-electron chi connectivity index (χ0n) is 8.84. The van der Waals surface area contributed by atoms with Crippen molar-refractivity contribution in [3.8, 4) is 17.9 Å². The van der Waals surface area contributed by atoms with Crippen LogP contribution >= 0.6 is 0 Å². The smallest absolute Gasteiger partial charge is 0.152 e. The second kappa shape index (κ2) is 5.71. The minimum absolute atomic E-state index is 0.139. The molecular formula is C12H15F2N. The van der Waals surface area contributed by atoms with E-state index in [4.69, 9.17) is 5.26 Å². The topological polar surface area (TPSA) is 23.8 Å². The van der Waals surface area contributed by atoms with Crippen LogP contribution < -0.4 is 0 Å². The van der Waals surface area contributed by atoms with Gasteiger partial charge in [-0.15, -0.1) is 0 Å². The number of nitriles is 1. The molecule has 0 amide bonds. The number of hydrogen-bond donors (Lipinski definition) is 0. The Hall–Kier alpha value is -1.09. The van der Waals surface area contributed by atoms with E-state index in [9.17, 15) is 8.78 Å². The minimum atomic E-state index is -1.22. The van der Waals surface area contributed by atoms with Crippen LogP contribution in [0.2, 0.25) is 0 Å². The molecule has 2 atom stereocenters. The van der Waals surface area contributed by atoms with Crippen molar-refractivity contribution in [2.45, 2.75) is 45.0 Å². The van der Waals surface area contributed by atoms with E-state index in [2.05, 4.69) is 11.8 Å². The maximum Gasteiger partial charge on any atom is 0.152 e. The van der Waals surface area contributed by atoms with Crippen LogP contribution in [0.3, 0.4) is 0 Å². The fourth-order valence-corrected chi connectivity index (χ4v) is 2.19. The van der Waals surface area contributed by atoms with Gasteiger partial charge in [0.1, 0.15) is 12.3 Å². The first-order valence-corrected chi connectivity index (χ1v) is 5.36. The summed E-state index contributed by atoms with van der Waals surface area (Å²) in [5.74, 6) is 3.72. The van der Waals surface area contributed by atoms with E-state index >= 15 is 0 Å². The van der Waals surface area contributed by atoms with Gasteiger partial charge in [-0.05, 0) is 18.8 Å². The molecule has 0 aromatic rings. The molecule has 3 heteroatoms. The van der Waals surface area contributed by atoms with Gasteiger partial charge in [-0.3, -0.25) is 0 Å². The molecule has 0 N–H and O–H groups in total. The van der Waals surface area contributed by atoms with Crippen LogP contribution in [0.1, 0.15) is 32.6 Å². The molecule has 15 heavy (non-hydrogen) atoms. The van der Waals surface area contributed by atoms with E-state index in [0.29, 0.717) is 12.8 Å². The summed E-state index contributed by atoms with van der Waals surface area (Å²) in [5.41, 5.74) is 0. The summed E-state index contributed by atoms with van der Waals surface area (Å²) in [6, 6.07) is 1.60. The van der Waals surface area contributed by atoms with Crippen molar-refractivity contribution in [3.63, 3.8) is 0 Å². The number of alkyl halides is 2. The van der Waals surface area contributed by atoms with Crippen molar-refractivity contribution in [3.05, 3.63) is 0 Å². The van der Waals surface area contributed by atoms with Gasteiger partial charge in [-0.1, -0.05) is 25.7 Å². The summed E-state index contributed by atoms with van der Waals surface area (Å²) in [4.78, 5) is 0. The first-order valence-electron chi connectivity index (χ1n) is 5.36. The second-order valence-electron chi connectivity index (χ2n) is 4.07. The maximum absolute atomic E-state index is 13.5. The summed E-state index contributed by atoms with van der Waals surface area (Å²) in [7, 11) is 0. The second-order valence-corrected chi connectivity index (χ2v) is 4.07. The van der Waals surface area contributed by atoms with E-state index < -0.39 is 18.3 Å². The molecule has 0 aromatic heterocycles. The highest BCUT2D eigenvalue weighted by Gasteiger charge is 2.37. The molecule has 1 saturated carbocycles. The molecule has 1 nitrogen and oxygen atoms in total. The molecule has 0 aromatic carbocycles. The molecule has 1 rings (SSSR count). The average molecular weight is 211 g/mol. The Bertz CT molecular complexity index is 285.